The summed E-state index contributed by atoms with van der Waals surface area (Å²) < 4.78 is 6.24. The summed E-state index contributed by atoms with van der Waals surface area (Å²) >= 11 is 0. The van der Waals surface area contributed by atoms with Gasteiger partial charge in [-0.05, 0) is 75.5 Å². The van der Waals surface area contributed by atoms with Gasteiger partial charge in [-0.25, -0.2) is 0 Å². The first kappa shape index (κ1) is 26.2. The van der Waals surface area contributed by atoms with Gasteiger partial charge in [0, 0.05) is 39.1 Å². The monoisotopic (exact) mass is 588 g/mol. The van der Waals surface area contributed by atoms with Crippen molar-refractivity contribution in [1.29, 1.82) is 0 Å². The van der Waals surface area contributed by atoms with Crippen LogP contribution in [-0.4, -0.2) is 4.98 Å². The van der Waals surface area contributed by atoms with E-state index in [4.69, 9.17) is 9.40 Å². The Morgan fingerprint density at radius 2 is 1.15 bits per heavy atom. The Kier molecular flexibility index (Phi) is 6.14. The minimum atomic E-state index is 0.865. The number of para-hydroxylation sites is 1. The van der Waals surface area contributed by atoms with Gasteiger partial charge in [0.25, 0.3) is 0 Å². The Morgan fingerprint density at radius 3 is 2.04 bits per heavy atom. The molecule has 2 heterocycles. The molecule has 0 N–H and O–H groups in total. The largest absolute Gasteiger partial charge is 0.456 e. The number of pyridine rings is 1. The van der Waals surface area contributed by atoms with Gasteiger partial charge in [0.2, 0.25) is 0 Å². The molecule has 2 aromatic heterocycles. The van der Waals surface area contributed by atoms with E-state index in [2.05, 4.69) is 150 Å². The van der Waals surface area contributed by atoms with Crippen LogP contribution < -0.4 is 4.90 Å². The lowest BCUT2D eigenvalue weighted by atomic mass is 9.98. The van der Waals surface area contributed by atoms with Gasteiger partial charge in [-0.3, -0.25) is 4.98 Å². The summed E-state index contributed by atoms with van der Waals surface area (Å²) in [5, 5.41) is 6.83. The number of furan rings is 1. The molecule has 0 amide bonds. The second-order valence-electron chi connectivity index (χ2n) is 11.7. The van der Waals surface area contributed by atoms with Crippen molar-refractivity contribution in [3.63, 3.8) is 0 Å². The summed E-state index contributed by atoms with van der Waals surface area (Å²) in [4.78, 5) is 7.06. The van der Waals surface area contributed by atoms with E-state index < -0.39 is 0 Å². The molecule has 0 bridgehead atoms. The summed E-state index contributed by atoms with van der Waals surface area (Å²) in [6, 6.07) is 55.8. The van der Waals surface area contributed by atoms with Crippen LogP contribution in [0, 0.1) is 0 Å². The van der Waals surface area contributed by atoms with E-state index in [1.54, 1.807) is 0 Å². The van der Waals surface area contributed by atoms with Crippen LogP contribution in [0.3, 0.4) is 0 Å². The fourth-order valence-corrected chi connectivity index (χ4v) is 6.70. The molecule has 7 aromatic carbocycles. The number of benzene rings is 7. The smallest absolute Gasteiger partial charge is 0.136 e. The predicted octanol–water partition coefficient (Wildman–Crippen LogP) is 12.1. The fraction of sp³-hybridized carbons (Fsp3) is 0. The van der Waals surface area contributed by atoms with Crippen molar-refractivity contribution < 1.29 is 4.42 Å². The first-order valence-corrected chi connectivity index (χ1v) is 15.5. The Balaban J connectivity index is 1.25. The molecule has 0 fully saturated rings. The number of hydrogen-bond donors (Lipinski definition) is 0. The molecule has 9 rings (SSSR count). The van der Waals surface area contributed by atoms with Crippen LogP contribution in [0.4, 0.5) is 17.1 Å². The van der Waals surface area contributed by atoms with Gasteiger partial charge >= 0.3 is 0 Å². The lowest BCUT2D eigenvalue weighted by molar-refractivity contribution is 0.669. The average Bonchev–Trinajstić information content (AvgIpc) is 3.49. The maximum Gasteiger partial charge on any atom is 0.136 e. The van der Waals surface area contributed by atoms with Gasteiger partial charge < -0.3 is 9.32 Å². The number of rotatable bonds is 5. The quantitative estimate of drug-likeness (QED) is 0.200. The van der Waals surface area contributed by atoms with Gasteiger partial charge in [0.05, 0.1) is 11.9 Å². The zero-order chi connectivity index (χ0) is 30.5. The molecule has 0 unspecified atom stereocenters. The molecule has 216 valence electrons. The highest BCUT2D eigenvalue weighted by Crippen LogP contribution is 2.42. The summed E-state index contributed by atoms with van der Waals surface area (Å²) in [5.74, 6) is 0. The molecule has 0 aliphatic heterocycles. The van der Waals surface area contributed by atoms with Crippen LogP contribution in [0.15, 0.2) is 175 Å². The molecular weight excluding hydrogens is 560 g/mol. The van der Waals surface area contributed by atoms with Crippen LogP contribution in [-0.2, 0) is 0 Å². The summed E-state index contributed by atoms with van der Waals surface area (Å²) in [5.41, 5.74) is 9.62. The molecule has 0 aliphatic rings. The SMILES string of the molecule is c1ccc(-c2cccc(N(c3ccc(-c4cccc5ccccc45)cc3)c3cncc4cc5oc6ccccc6c5cc34)c2)cc1. The average molecular weight is 589 g/mol. The molecule has 3 heteroatoms. The number of hydrogen-bond acceptors (Lipinski definition) is 3. The van der Waals surface area contributed by atoms with E-state index in [-0.39, 0.29) is 0 Å². The highest BCUT2D eigenvalue weighted by Gasteiger charge is 2.19. The topological polar surface area (TPSA) is 29.3 Å². The normalized spacial score (nSPS) is 11.5. The van der Waals surface area contributed by atoms with E-state index in [0.29, 0.717) is 0 Å². The van der Waals surface area contributed by atoms with Gasteiger partial charge in [-0.2, -0.15) is 0 Å². The van der Waals surface area contributed by atoms with Gasteiger partial charge in [-0.1, -0.05) is 115 Å². The van der Waals surface area contributed by atoms with Crippen molar-refractivity contribution in [3.8, 4) is 22.3 Å². The van der Waals surface area contributed by atoms with Crippen LogP contribution >= 0.6 is 0 Å². The lowest BCUT2D eigenvalue weighted by Gasteiger charge is -2.27. The number of aromatic nitrogens is 1. The summed E-state index contributed by atoms with van der Waals surface area (Å²) in [6.07, 6.45) is 3.90. The first-order chi connectivity index (χ1) is 22.8. The second kappa shape index (κ2) is 10.8. The van der Waals surface area contributed by atoms with E-state index in [0.717, 1.165) is 55.3 Å². The van der Waals surface area contributed by atoms with Crippen molar-refractivity contribution in [1.82, 2.24) is 4.98 Å². The van der Waals surface area contributed by atoms with Crippen LogP contribution in [0.1, 0.15) is 0 Å². The Morgan fingerprint density at radius 1 is 0.413 bits per heavy atom. The van der Waals surface area contributed by atoms with Gasteiger partial charge in [-0.15, -0.1) is 0 Å². The second-order valence-corrected chi connectivity index (χ2v) is 11.7. The molecular formula is C43H28N2O. The van der Waals surface area contributed by atoms with E-state index in [9.17, 15) is 0 Å². The third-order valence-corrected chi connectivity index (χ3v) is 8.91. The summed E-state index contributed by atoms with van der Waals surface area (Å²) in [6.45, 7) is 0. The highest BCUT2D eigenvalue weighted by atomic mass is 16.3. The minimum Gasteiger partial charge on any atom is -0.456 e. The Bertz CT molecular complexity index is 2530. The highest BCUT2D eigenvalue weighted by molar-refractivity contribution is 6.13. The van der Waals surface area contributed by atoms with Crippen LogP contribution in [0.2, 0.25) is 0 Å². The molecule has 9 aromatic rings. The Hall–Kier alpha value is -6.19. The van der Waals surface area contributed by atoms with Gasteiger partial charge in [0.1, 0.15) is 11.2 Å². The van der Waals surface area contributed by atoms with E-state index >= 15 is 0 Å². The molecule has 0 saturated heterocycles. The van der Waals surface area contributed by atoms with Crippen molar-refractivity contribution in [3.05, 3.63) is 170 Å². The van der Waals surface area contributed by atoms with Crippen molar-refractivity contribution in [2.24, 2.45) is 0 Å². The first-order valence-electron chi connectivity index (χ1n) is 15.5. The number of fused-ring (bicyclic) bond motifs is 5. The Labute approximate surface area is 266 Å². The van der Waals surface area contributed by atoms with E-state index in [1.807, 2.05) is 24.5 Å². The molecule has 46 heavy (non-hydrogen) atoms. The number of nitrogens with zero attached hydrogens (tertiary/aromatic N) is 2. The van der Waals surface area contributed by atoms with Crippen molar-refractivity contribution in [2.45, 2.75) is 0 Å². The maximum absolute atomic E-state index is 6.24. The van der Waals surface area contributed by atoms with Gasteiger partial charge in [0.15, 0.2) is 0 Å². The van der Waals surface area contributed by atoms with Crippen LogP contribution in [0.25, 0.3) is 65.7 Å². The van der Waals surface area contributed by atoms with Crippen LogP contribution in [0.5, 0.6) is 0 Å². The molecule has 0 atom stereocenters. The van der Waals surface area contributed by atoms with Crippen molar-refractivity contribution in [2.75, 3.05) is 4.90 Å². The predicted molar refractivity (Wildman–Crippen MR) is 192 cm³/mol. The zero-order valence-corrected chi connectivity index (χ0v) is 25.0. The molecule has 0 radical (unpaired) electrons. The lowest BCUT2D eigenvalue weighted by Crippen LogP contribution is -2.11. The minimum absolute atomic E-state index is 0.865. The molecule has 3 nitrogen and oxygen atoms in total. The van der Waals surface area contributed by atoms with E-state index in [1.165, 1.54) is 27.5 Å². The molecule has 0 spiro atoms. The molecule has 0 saturated carbocycles. The molecule has 0 aliphatic carbocycles. The fourth-order valence-electron chi connectivity index (χ4n) is 6.70. The zero-order valence-electron chi connectivity index (χ0n) is 25.0. The summed E-state index contributed by atoms with van der Waals surface area (Å²) in [7, 11) is 0. The third kappa shape index (κ3) is 4.41. The maximum atomic E-state index is 6.24. The third-order valence-electron chi connectivity index (χ3n) is 8.91. The van der Waals surface area contributed by atoms with Crippen molar-refractivity contribution >= 4 is 60.5 Å². The number of anilines is 3. The standard InChI is InChI=1S/C43H28N2O/c1-2-10-29(11-3-1)32-14-8-15-35(24-32)45(34-22-20-31(21-23-34)37-18-9-13-30-12-4-5-16-36(30)37)41-28-44-27-33-25-43-40(26-39(33)41)38-17-6-7-19-42(38)46-43/h1-28H.